The van der Waals surface area contributed by atoms with Crippen LogP contribution in [0.5, 0.6) is 0 Å². The van der Waals surface area contributed by atoms with Gasteiger partial charge in [0.15, 0.2) is 5.78 Å². The number of rotatable bonds is 0. The highest BCUT2D eigenvalue weighted by molar-refractivity contribution is 5.91. The Balaban J connectivity index is 1.55. The molecule has 0 radical (unpaired) electrons. The molecule has 0 aliphatic heterocycles. The zero-order valence-corrected chi connectivity index (χ0v) is 15.3. The molecule has 5 aliphatic rings. The first kappa shape index (κ1) is 15.2. The molecule has 2 heteroatoms. The molecule has 8 atom stereocenters. The van der Waals surface area contributed by atoms with Crippen molar-refractivity contribution in [3.8, 4) is 6.07 Å². The molecule has 0 heterocycles. The first-order valence-corrected chi connectivity index (χ1v) is 10.0. The molecule has 0 aromatic carbocycles. The van der Waals surface area contributed by atoms with Gasteiger partial charge in [-0.3, -0.25) is 4.79 Å². The number of ketones is 1. The van der Waals surface area contributed by atoms with Crippen molar-refractivity contribution in [1.82, 2.24) is 0 Å². The van der Waals surface area contributed by atoms with E-state index in [0.717, 1.165) is 42.9 Å². The van der Waals surface area contributed by atoms with Gasteiger partial charge in [-0.15, -0.1) is 0 Å². The van der Waals surface area contributed by atoms with Crippen molar-refractivity contribution in [3.05, 3.63) is 11.6 Å². The fourth-order valence-corrected chi connectivity index (χ4v) is 8.11. The van der Waals surface area contributed by atoms with Crippen LogP contribution in [0.2, 0.25) is 0 Å². The highest BCUT2D eigenvalue weighted by Gasteiger charge is 2.75. The molecule has 128 valence electrons. The number of nitriles is 1. The number of carbonyl (C=O) groups is 1. The molecule has 0 amide bonds. The number of carbonyl (C=O) groups excluding carboxylic acids is 1. The molecule has 4 fully saturated rings. The van der Waals surface area contributed by atoms with Crippen molar-refractivity contribution < 1.29 is 4.79 Å². The maximum Gasteiger partial charge on any atom is 0.155 e. The monoisotopic (exact) mass is 323 g/mol. The minimum atomic E-state index is -0.104. The maximum atomic E-state index is 11.9. The van der Waals surface area contributed by atoms with Gasteiger partial charge in [-0.25, -0.2) is 0 Å². The molecule has 0 saturated heterocycles. The average molecular weight is 323 g/mol. The fraction of sp³-hybridized carbons (Fsp3) is 0.818. The maximum absolute atomic E-state index is 11.9. The number of allylic oxidation sites excluding steroid dienone is 1. The molecule has 5 aliphatic carbocycles. The molecule has 0 aromatic heterocycles. The van der Waals surface area contributed by atoms with Crippen LogP contribution in [0.4, 0.5) is 0 Å². The summed E-state index contributed by atoms with van der Waals surface area (Å²) in [6, 6.07) is 2.78. The normalized spacial score (nSPS) is 57.8. The first-order chi connectivity index (χ1) is 11.3. The van der Waals surface area contributed by atoms with Crippen LogP contribution in [0.15, 0.2) is 11.6 Å². The molecule has 4 saturated carbocycles. The van der Waals surface area contributed by atoms with Crippen LogP contribution >= 0.6 is 0 Å². The van der Waals surface area contributed by atoms with Crippen LogP contribution in [0.1, 0.15) is 65.7 Å². The lowest BCUT2D eigenvalue weighted by molar-refractivity contribution is -0.118. The summed E-state index contributed by atoms with van der Waals surface area (Å²) in [5, 5.41) is 9.99. The molecule has 0 bridgehead atoms. The van der Waals surface area contributed by atoms with Gasteiger partial charge in [-0.2, -0.15) is 5.26 Å². The van der Waals surface area contributed by atoms with E-state index in [2.05, 4.69) is 26.8 Å². The van der Waals surface area contributed by atoms with Gasteiger partial charge in [0.2, 0.25) is 0 Å². The lowest BCUT2D eigenvalue weighted by Gasteiger charge is -2.59. The van der Waals surface area contributed by atoms with E-state index in [4.69, 9.17) is 0 Å². The summed E-state index contributed by atoms with van der Waals surface area (Å²) in [6.07, 6.45) is 9.95. The molecule has 0 spiro atoms. The zero-order chi connectivity index (χ0) is 16.9. The predicted molar refractivity (Wildman–Crippen MR) is 92.8 cm³/mol. The van der Waals surface area contributed by atoms with E-state index < -0.39 is 0 Å². The predicted octanol–water partition coefficient (Wildman–Crippen LogP) is 4.90. The molecule has 5 rings (SSSR count). The van der Waals surface area contributed by atoms with Crippen LogP contribution in [0.3, 0.4) is 0 Å². The highest BCUT2D eigenvalue weighted by atomic mass is 16.1. The number of nitrogens with zero attached hydrogens (tertiary/aromatic N) is 1. The SMILES string of the molecule is C[C@]12CCC(=O)C=C1CCC1C2CC[C@@]2(C)C1C1CC1[C@]2(C)C#N. The molecular weight excluding hydrogens is 294 g/mol. The van der Waals surface area contributed by atoms with E-state index in [1.807, 2.05) is 6.08 Å². The Morgan fingerprint density at radius 1 is 1.08 bits per heavy atom. The lowest BCUT2D eigenvalue weighted by atomic mass is 9.44. The van der Waals surface area contributed by atoms with Gasteiger partial charge in [-0.1, -0.05) is 19.4 Å². The van der Waals surface area contributed by atoms with Gasteiger partial charge < -0.3 is 0 Å². The molecule has 0 N–H and O–H groups in total. The quantitative estimate of drug-likeness (QED) is 0.636. The largest absolute Gasteiger partial charge is 0.295 e. The average Bonchev–Trinajstić information content (AvgIpc) is 3.31. The van der Waals surface area contributed by atoms with Crippen LogP contribution in [0, 0.1) is 57.2 Å². The Morgan fingerprint density at radius 3 is 2.62 bits per heavy atom. The summed E-state index contributed by atoms with van der Waals surface area (Å²) < 4.78 is 0. The van der Waals surface area contributed by atoms with Crippen molar-refractivity contribution in [2.45, 2.75) is 65.7 Å². The minimum Gasteiger partial charge on any atom is -0.295 e. The number of fused-ring (bicyclic) bond motifs is 7. The zero-order valence-electron chi connectivity index (χ0n) is 15.3. The summed E-state index contributed by atoms with van der Waals surface area (Å²) in [5.41, 5.74) is 1.83. The Kier molecular flexibility index (Phi) is 2.75. The van der Waals surface area contributed by atoms with Gasteiger partial charge in [-0.05, 0) is 91.9 Å². The van der Waals surface area contributed by atoms with E-state index in [-0.39, 0.29) is 16.2 Å². The van der Waals surface area contributed by atoms with Crippen LogP contribution in [0.25, 0.3) is 0 Å². The van der Waals surface area contributed by atoms with Crippen molar-refractivity contribution in [2.75, 3.05) is 0 Å². The van der Waals surface area contributed by atoms with Gasteiger partial charge in [0, 0.05) is 6.42 Å². The molecule has 2 nitrogen and oxygen atoms in total. The van der Waals surface area contributed by atoms with E-state index >= 15 is 0 Å². The third-order valence-electron chi connectivity index (χ3n) is 9.67. The van der Waals surface area contributed by atoms with Crippen molar-refractivity contribution >= 4 is 5.78 Å². The Labute approximate surface area is 145 Å². The first-order valence-electron chi connectivity index (χ1n) is 10.0. The van der Waals surface area contributed by atoms with E-state index in [1.165, 1.54) is 31.3 Å². The Morgan fingerprint density at radius 2 is 1.88 bits per heavy atom. The smallest absolute Gasteiger partial charge is 0.155 e. The lowest BCUT2D eigenvalue weighted by Crippen LogP contribution is -2.53. The molecule has 0 aromatic rings. The third kappa shape index (κ3) is 1.52. The minimum absolute atomic E-state index is 0.104. The standard InChI is InChI=1S/C22H29NO/c1-20-8-6-14(24)10-13(20)4-5-15-17(20)7-9-21(2)19(15)16-11-18(16)22(21,3)12-23/h10,15-19H,4-9,11H2,1-3H3/t15?,16?,17?,18?,19?,20-,21-,22-/m0/s1. The molecule has 24 heavy (non-hydrogen) atoms. The van der Waals surface area contributed by atoms with Gasteiger partial charge in [0.05, 0.1) is 11.5 Å². The molecular formula is C22H29NO. The third-order valence-corrected chi connectivity index (χ3v) is 9.67. The summed E-state index contributed by atoms with van der Waals surface area (Å²) in [7, 11) is 0. The topological polar surface area (TPSA) is 40.9 Å². The van der Waals surface area contributed by atoms with Crippen molar-refractivity contribution in [1.29, 1.82) is 5.26 Å². The van der Waals surface area contributed by atoms with Gasteiger partial charge in [0.25, 0.3) is 0 Å². The van der Waals surface area contributed by atoms with E-state index in [0.29, 0.717) is 11.7 Å². The van der Waals surface area contributed by atoms with E-state index in [1.54, 1.807) is 0 Å². The summed E-state index contributed by atoms with van der Waals surface area (Å²) in [5.74, 6) is 4.10. The van der Waals surface area contributed by atoms with Crippen LogP contribution in [-0.2, 0) is 4.79 Å². The second-order valence-electron chi connectivity index (χ2n) is 10.2. The van der Waals surface area contributed by atoms with Crippen LogP contribution < -0.4 is 0 Å². The van der Waals surface area contributed by atoms with Crippen molar-refractivity contribution in [2.24, 2.45) is 45.8 Å². The highest BCUT2D eigenvalue weighted by Crippen LogP contribution is 2.79. The number of hydrogen-bond acceptors (Lipinski definition) is 2. The second-order valence-corrected chi connectivity index (χ2v) is 10.2. The van der Waals surface area contributed by atoms with Gasteiger partial charge >= 0.3 is 0 Å². The molecule has 5 unspecified atom stereocenters. The summed E-state index contributed by atoms with van der Waals surface area (Å²) in [6.45, 7) is 7.17. The Hall–Kier alpha value is -1.10. The summed E-state index contributed by atoms with van der Waals surface area (Å²) in [4.78, 5) is 11.9. The van der Waals surface area contributed by atoms with Gasteiger partial charge in [0.1, 0.15) is 0 Å². The summed E-state index contributed by atoms with van der Waals surface area (Å²) >= 11 is 0. The van der Waals surface area contributed by atoms with E-state index in [9.17, 15) is 10.1 Å². The second kappa shape index (κ2) is 4.35. The van der Waals surface area contributed by atoms with Crippen molar-refractivity contribution in [3.63, 3.8) is 0 Å². The fourth-order valence-electron chi connectivity index (χ4n) is 8.11. The van der Waals surface area contributed by atoms with Crippen LogP contribution in [-0.4, -0.2) is 5.78 Å². The number of hydrogen-bond donors (Lipinski definition) is 0. The Bertz CT molecular complexity index is 701.